The normalized spacial score (nSPS) is 15.5. The molecule has 1 atom stereocenters. The number of aliphatic hydroxyl groups excluding tert-OH is 1. The molecule has 0 fully saturated rings. The van der Waals surface area contributed by atoms with Gasteiger partial charge in [-0.15, -0.1) is 0 Å². The third-order valence-corrected chi connectivity index (χ3v) is 6.43. The number of hydrogen-bond acceptors (Lipinski definition) is 6. The highest BCUT2D eigenvalue weighted by molar-refractivity contribution is 6.31. The van der Waals surface area contributed by atoms with Crippen molar-refractivity contribution in [3.63, 3.8) is 0 Å². The minimum atomic E-state index is -0.794. The van der Waals surface area contributed by atoms with Crippen LogP contribution in [0.3, 0.4) is 0 Å². The summed E-state index contributed by atoms with van der Waals surface area (Å²) in [5.41, 5.74) is -0.179. The summed E-state index contributed by atoms with van der Waals surface area (Å²) < 4.78 is 23.7. The van der Waals surface area contributed by atoms with Gasteiger partial charge in [0.1, 0.15) is 11.6 Å². The highest BCUT2D eigenvalue weighted by Gasteiger charge is 2.31. The Balaban J connectivity index is 1.68. The number of imidazole rings is 1. The fraction of sp³-hybridized carbons (Fsp3) is 0.292. The first-order valence-electron chi connectivity index (χ1n) is 11.1. The van der Waals surface area contributed by atoms with Crippen LogP contribution >= 0.6 is 11.6 Å². The first-order chi connectivity index (χ1) is 16.8. The Morgan fingerprint density at radius 2 is 1.91 bits per heavy atom. The highest BCUT2D eigenvalue weighted by atomic mass is 35.5. The maximum atomic E-state index is 14.4. The number of fused-ring (bicyclic) bond motifs is 3. The predicted molar refractivity (Wildman–Crippen MR) is 130 cm³/mol. The van der Waals surface area contributed by atoms with Gasteiger partial charge in [-0.3, -0.25) is 13.9 Å². The molecule has 2 aromatic carbocycles. The molecule has 0 aliphatic carbocycles. The van der Waals surface area contributed by atoms with E-state index in [0.717, 1.165) is 10.3 Å². The van der Waals surface area contributed by atoms with Gasteiger partial charge in [-0.1, -0.05) is 17.7 Å². The molecule has 0 spiro atoms. The monoisotopic (exact) mass is 499 g/mol. The van der Waals surface area contributed by atoms with Crippen molar-refractivity contribution in [1.29, 1.82) is 0 Å². The van der Waals surface area contributed by atoms with Crippen LogP contribution in [0.15, 0.2) is 52.1 Å². The fourth-order valence-electron chi connectivity index (χ4n) is 4.39. The largest absolute Gasteiger partial charge is 0.494 e. The maximum Gasteiger partial charge on any atom is 0.332 e. The van der Waals surface area contributed by atoms with Crippen molar-refractivity contribution in [3.8, 4) is 5.75 Å². The summed E-state index contributed by atoms with van der Waals surface area (Å²) in [4.78, 5) is 33.0. The van der Waals surface area contributed by atoms with Crippen molar-refractivity contribution < 1.29 is 14.2 Å². The Labute approximate surface area is 204 Å². The van der Waals surface area contributed by atoms with Crippen molar-refractivity contribution in [2.45, 2.75) is 26.1 Å². The van der Waals surface area contributed by atoms with Crippen LogP contribution in [0.5, 0.6) is 5.75 Å². The van der Waals surface area contributed by atoms with Crippen LogP contribution in [0.25, 0.3) is 11.2 Å². The molecular formula is C24H23ClFN5O4. The smallest absolute Gasteiger partial charge is 0.332 e. The van der Waals surface area contributed by atoms with Crippen LogP contribution in [0.1, 0.15) is 12.5 Å². The van der Waals surface area contributed by atoms with Crippen molar-refractivity contribution in [1.82, 2.24) is 18.7 Å². The van der Waals surface area contributed by atoms with Crippen LogP contribution in [0.4, 0.5) is 16.0 Å². The molecule has 182 valence electrons. The zero-order valence-electron chi connectivity index (χ0n) is 19.1. The zero-order valence-corrected chi connectivity index (χ0v) is 19.9. The number of aromatic nitrogens is 4. The van der Waals surface area contributed by atoms with Gasteiger partial charge in [0.25, 0.3) is 5.56 Å². The van der Waals surface area contributed by atoms with Crippen LogP contribution in [0.2, 0.25) is 5.02 Å². The molecule has 5 rings (SSSR count). The van der Waals surface area contributed by atoms with Crippen molar-refractivity contribution in [2.24, 2.45) is 7.05 Å². The summed E-state index contributed by atoms with van der Waals surface area (Å²) in [5, 5.41) is 10.8. The first kappa shape index (κ1) is 23.1. The number of rotatable bonds is 5. The van der Waals surface area contributed by atoms with E-state index >= 15 is 0 Å². The Bertz CT molecular complexity index is 1520. The molecule has 4 aromatic rings. The second-order valence-electron chi connectivity index (χ2n) is 8.32. The Kier molecular flexibility index (Phi) is 5.86. The molecule has 9 nitrogen and oxygen atoms in total. The second kappa shape index (κ2) is 8.86. The van der Waals surface area contributed by atoms with Gasteiger partial charge >= 0.3 is 5.69 Å². The summed E-state index contributed by atoms with van der Waals surface area (Å²) in [7, 11) is 1.50. The molecule has 0 bridgehead atoms. The van der Waals surface area contributed by atoms with E-state index in [1.807, 2.05) is 31.2 Å². The van der Waals surface area contributed by atoms with Crippen LogP contribution in [-0.2, 0) is 20.1 Å². The van der Waals surface area contributed by atoms with E-state index in [0.29, 0.717) is 18.3 Å². The molecule has 0 amide bonds. The molecule has 2 aromatic heterocycles. The predicted octanol–water partition coefficient (Wildman–Crippen LogP) is 2.65. The van der Waals surface area contributed by atoms with Gasteiger partial charge in [0.2, 0.25) is 5.95 Å². The topological polar surface area (TPSA) is 94.5 Å². The number of β-amino-alcohol motifs (C(OH)–C–C–N with tert-alkyl or cyclic N) is 1. The number of ether oxygens (including phenoxy) is 1. The number of aliphatic hydroxyl groups is 1. The zero-order chi connectivity index (χ0) is 24.9. The minimum absolute atomic E-state index is 0.0437. The Morgan fingerprint density at radius 3 is 2.60 bits per heavy atom. The second-order valence-corrected chi connectivity index (χ2v) is 8.73. The van der Waals surface area contributed by atoms with E-state index in [-0.39, 0.29) is 41.4 Å². The van der Waals surface area contributed by atoms with Gasteiger partial charge in [0.05, 0.1) is 32.3 Å². The SMILES string of the molecule is CCOc1ccc(N2C[C@H](O)Cn3c2nc2c3c(=O)n(Cc3c(F)cccc3Cl)c(=O)n2C)cc1. The molecule has 1 aliphatic rings. The summed E-state index contributed by atoms with van der Waals surface area (Å²) >= 11 is 6.14. The van der Waals surface area contributed by atoms with Gasteiger partial charge in [0.15, 0.2) is 11.2 Å². The fourth-order valence-corrected chi connectivity index (χ4v) is 4.61. The van der Waals surface area contributed by atoms with E-state index < -0.39 is 23.2 Å². The molecule has 1 aliphatic heterocycles. The third kappa shape index (κ3) is 3.88. The lowest BCUT2D eigenvalue weighted by molar-refractivity contribution is 0.154. The molecule has 35 heavy (non-hydrogen) atoms. The molecule has 11 heteroatoms. The van der Waals surface area contributed by atoms with Crippen molar-refractivity contribution >= 4 is 34.4 Å². The molecular weight excluding hydrogens is 477 g/mol. The lowest BCUT2D eigenvalue weighted by Crippen LogP contribution is -2.42. The van der Waals surface area contributed by atoms with E-state index in [1.165, 1.54) is 29.8 Å². The molecule has 0 unspecified atom stereocenters. The lowest BCUT2D eigenvalue weighted by atomic mass is 10.2. The Hall–Kier alpha value is -3.63. The van der Waals surface area contributed by atoms with E-state index in [4.69, 9.17) is 16.3 Å². The molecule has 0 saturated heterocycles. The number of aryl methyl sites for hydroxylation is 1. The molecule has 0 saturated carbocycles. The summed E-state index contributed by atoms with van der Waals surface area (Å²) in [6, 6.07) is 11.5. The van der Waals surface area contributed by atoms with E-state index in [2.05, 4.69) is 4.98 Å². The molecule has 1 N–H and O–H groups in total. The average Bonchev–Trinajstić information content (AvgIpc) is 3.22. The van der Waals surface area contributed by atoms with E-state index in [9.17, 15) is 19.1 Å². The highest BCUT2D eigenvalue weighted by Crippen LogP contribution is 2.32. The number of halogens is 2. The Morgan fingerprint density at radius 1 is 1.17 bits per heavy atom. The third-order valence-electron chi connectivity index (χ3n) is 6.08. The summed E-state index contributed by atoms with van der Waals surface area (Å²) in [5.74, 6) is 0.515. The number of anilines is 2. The minimum Gasteiger partial charge on any atom is -0.494 e. The summed E-state index contributed by atoms with van der Waals surface area (Å²) in [6.07, 6.45) is -0.794. The lowest BCUT2D eigenvalue weighted by Gasteiger charge is -2.32. The van der Waals surface area contributed by atoms with E-state index in [1.54, 1.807) is 9.47 Å². The quantitative estimate of drug-likeness (QED) is 0.453. The van der Waals surface area contributed by atoms with Crippen LogP contribution in [-0.4, -0.2) is 43.0 Å². The van der Waals surface area contributed by atoms with Gasteiger partial charge in [-0.05, 0) is 43.3 Å². The standard InChI is InChI=1S/C24H23ClFN5O4/c1-3-35-16-9-7-14(8-10-16)29-11-15(32)12-30-20-21(27-23(29)30)28(2)24(34)31(22(20)33)13-17-18(25)5-4-6-19(17)26/h4-10,15,32H,3,11-13H2,1-2H3/t15-/m0/s1. The van der Waals surface area contributed by atoms with Crippen molar-refractivity contribution in [2.75, 3.05) is 18.1 Å². The van der Waals surface area contributed by atoms with Gasteiger partial charge in [-0.2, -0.15) is 4.98 Å². The summed E-state index contributed by atoms with van der Waals surface area (Å²) in [6.45, 7) is 2.47. The van der Waals surface area contributed by atoms with Crippen LogP contribution in [0, 0.1) is 5.82 Å². The van der Waals surface area contributed by atoms with Gasteiger partial charge in [-0.25, -0.2) is 9.18 Å². The molecule has 3 heterocycles. The number of nitrogens with zero attached hydrogens (tertiary/aromatic N) is 5. The maximum absolute atomic E-state index is 14.4. The van der Waals surface area contributed by atoms with Crippen molar-refractivity contribution in [3.05, 3.63) is 79.7 Å². The number of hydrogen-bond donors (Lipinski definition) is 1. The number of benzene rings is 2. The van der Waals surface area contributed by atoms with Gasteiger partial charge < -0.3 is 19.3 Å². The van der Waals surface area contributed by atoms with Crippen LogP contribution < -0.4 is 20.9 Å². The average molecular weight is 500 g/mol. The molecule has 0 radical (unpaired) electrons. The first-order valence-corrected chi connectivity index (χ1v) is 11.5. The van der Waals surface area contributed by atoms with Gasteiger partial charge in [0, 0.05) is 23.3 Å².